The van der Waals surface area contributed by atoms with Crippen molar-refractivity contribution in [2.45, 2.75) is 13.5 Å². The van der Waals surface area contributed by atoms with E-state index in [4.69, 9.17) is 5.73 Å². The number of aryl methyl sites for hydroxylation is 1. The number of hydrogen-bond acceptors (Lipinski definition) is 6. The molecule has 23 heavy (non-hydrogen) atoms. The van der Waals surface area contributed by atoms with E-state index in [1.54, 1.807) is 12.4 Å². The van der Waals surface area contributed by atoms with E-state index < -0.39 is 0 Å². The third-order valence-electron chi connectivity index (χ3n) is 3.38. The largest absolute Gasteiger partial charge is 0.393 e. The summed E-state index contributed by atoms with van der Waals surface area (Å²) in [5.74, 6) is 1.18. The second-order valence-corrected chi connectivity index (χ2v) is 5.19. The van der Waals surface area contributed by atoms with Crippen molar-refractivity contribution < 1.29 is 0 Å². The van der Waals surface area contributed by atoms with E-state index in [9.17, 15) is 0 Å². The minimum atomic E-state index is 0.483. The third kappa shape index (κ3) is 3.74. The van der Waals surface area contributed by atoms with Crippen molar-refractivity contribution in [3.8, 4) is 0 Å². The molecule has 6 heteroatoms. The van der Waals surface area contributed by atoms with Gasteiger partial charge in [0.15, 0.2) is 11.6 Å². The summed E-state index contributed by atoms with van der Waals surface area (Å²) in [4.78, 5) is 12.5. The summed E-state index contributed by atoms with van der Waals surface area (Å²) in [6, 6.07) is 11.9. The molecule has 0 saturated carbocycles. The van der Waals surface area contributed by atoms with E-state index in [-0.39, 0.29) is 0 Å². The van der Waals surface area contributed by atoms with Crippen molar-refractivity contribution in [2.24, 2.45) is 0 Å². The number of aromatic nitrogens is 3. The first-order chi connectivity index (χ1) is 11.2. The summed E-state index contributed by atoms with van der Waals surface area (Å²) in [6.45, 7) is 2.64. The molecule has 1 aromatic carbocycles. The number of rotatable bonds is 5. The highest BCUT2D eigenvalue weighted by Crippen LogP contribution is 2.26. The summed E-state index contributed by atoms with van der Waals surface area (Å²) < 4.78 is 0. The van der Waals surface area contributed by atoms with Crippen LogP contribution in [0.15, 0.2) is 55.1 Å². The van der Waals surface area contributed by atoms with Crippen molar-refractivity contribution in [1.82, 2.24) is 15.0 Å². The predicted molar refractivity (Wildman–Crippen MR) is 92.5 cm³/mol. The maximum absolute atomic E-state index is 6.16. The fourth-order valence-electron chi connectivity index (χ4n) is 2.10. The van der Waals surface area contributed by atoms with E-state index in [0.717, 1.165) is 11.3 Å². The summed E-state index contributed by atoms with van der Waals surface area (Å²) in [5.41, 5.74) is 9.83. The summed E-state index contributed by atoms with van der Waals surface area (Å²) in [6.07, 6.45) is 5.03. The summed E-state index contributed by atoms with van der Waals surface area (Å²) in [7, 11) is 0. The van der Waals surface area contributed by atoms with Gasteiger partial charge in [-0.15, -0.1) is 0 Å². The topological polar surface area (TPSA) is 88.8 Å². The second kappa shape index (κ2) is 6.74. The number of nitrogens with one attached hydrogen (secondary N) is 2. The van der Waals surface area contributed by atoms with Crippen LogP contribution in [-0.2, 0) is 6.54 Å². The van der Waals surface area contributed by atoms with E-state index in [2.05, 4.69) is 25.6 Å². The molecule has 0 aliphatic carbocycles. The van der Waals surface area contributed by atoms with Gasteiger partial charge in [0.2, 0.25) is 0 Å². The van der Waals surface area contributed by atoms with E-state index in [1.165, 1.54) is 11.9 Å². The molecule has 3 aromatic rings. The monoisotopic (exact) mass is 306 g/mol. The Balaban J connectivity index is 1.74. The van der Waals surface area contributed by atoms with Crippen LogP contribution in [0.2, 0.25) is 0 Å². The fourth-order valence-corrected chi connectivity index (χ4v) is 2.10. The van der Waals surface area contributed by atoms with Gasteiger partial charge in [0, 0.05) is 24.6 Å². The van der Waals surface area contributed by atoms with Crippen molar-refractivity contribution in [2.75, 3.05) is 16.4 Å². The number of benzene rings is 1. The van der Waals surface area contributed by atoms with Gasteiger partial charge in [-0.25, -0.2) is 9.97 Å². The molecule has 4 N–H and O–H groups in total. The summed E-state index contributed by atoms with van der Waals surface area (Å²) in [5, 5.41) is 6.42. The highest BCUT2D eigenvalue weighted by molar-refractivity contribution is 5.77. The van der Waals surface area contributed by atoms with Gasteiger partial charge in [-0.1, -0.05) is 23.8 Å². The Labute approximate surface area is 134 Å². The van der Waals surface area contributed by atoms with Gasteiger partial charge in [-0.05, 0) is 30.7 Å². The lowest BCUT2D eigenvalue weighted by Crippen LogP contribution is -2.08. The van der Waals surface area contributed by atoms with Gasteiger partial charge in [0.1, 0.15) is 12.0 Å². The molecule has 0 saturated heterocycles. The van der Waals surface area contributed by atoms with Crippen LogP contribution >= 0.6 is 0 Å². The second-order valence-electron chi connectivity index (χ2n) is 5.19. The smallest absolute Gasteiger partial charge is 0.159 e. The van der Waals surface area contributed by atoms with Crippen molar-refractivity contribution in [3.63, 3.8) is 0 Å². The zero-order chi connectivity index (χ0) is 16.1. The Morgan fingerprint density at radius 3 is 2.57 bits per heavy atom. The SMILES string of the molecule is Cc1ccc(Nc2ncnc(NCc3cccnc3)c2N)cc1. The number of nitrogens with zero attached hydrogens (tertiary/aromatic N) is 3. The quantitative estimate of drug-likeness (QED) is 0.671. The Kier molecular flexibility index (Phi) is 4.33. The van der Waals surface area contributed by atoms with Crippen molar-refractivity contribution in [3.05, 3.63) is 66.2 Å². The molecular weight excluding hydrogens is 288 g/mol. The molecule has 0 radical (unpaired) electrons. The molecule has 0 bridgehead atoms. The average Bonchev–Trinajstić information content (AvgIpc) is 2.58. The van der Waals surface area contributed by atoms with Crippen LogP contribution in [0.5, 0.6) is 0 Å². The maximum atomic E-state index is 6.16. The number of nitrogen functional groups attached to an aromatic ring is 1. The lowest BCUT2D eigenvalue weighted by molar-refractivity contribution is 1.07. The van der Waals surface area contributed by atoms with Gasteiger partial charge < -0.3 is 16.4 Å². The Bertz CT molecular complexity index is 771. The molecule has 0 spiro atoms. The molecule has 0 fully saturated rings. The first-order valence-corrected chi connectivity index (χ1v) is 7.29. The molecule has 116 valence electrons. The minimum Gasteiger partial charge on any atom is -0.393 e. The number of hydrogen-bond donors (Lipinski definition) is 3. The Morgan fingerprint density at radius 1 is 1.04 bits per heavy atom. The standard InChI is InChI=1S/C17H18N6/c1-12-4-6-14(7-5-12)23-17-15(18)16(21-11-22-17)20-10-13-3-2-8-19-9-13/h2-9,11H,10,18H2,1H3,(H2,20,21,22,23). The highest BCUT2D eigenvalue weighted by atomic mass is 15.1. The highest BCUT2D eigenvalue weighted by Gasteiger charge is 2.08. The van der Waals surface area contributed by atoms with Gasteiger partial charge >= 0.3 is 0 Å². The van der Waals surface area contributed by atoms with Gasteiger partial charge in [0.05, 0.1) is 0 Å². The van der Waals surface area contributed by atoms with Crippen LogP contribution < -0.4 is 16.4 Å². The molecule has 0 aliphatic rings. The lowest BCUT2D eigenvalue weighted by Gasteiger charge is -2.12. The number of nitrogens with two attached hydrogens (primary N) is 1. The van der Waals surface area contributed by atoms with Crippen LogP contribution in [0.1, 0.15) is 11.1 Å². The van der Waals surface area contributed by atoms with Crippen LogP contribution in [0, 0.1) is 6.92 Å². The maximum Gasteiger partial charge on any atom is 0.159 e. The number of pyridine rings is 1. The van der Waals surface area contributed by atoms with E-state index in [0.29, 0.717) is 23.9 Å². The number of anilines is 4. The van der Waals surface area contributed by atoms with Gasteiger partial charge in [0.25, 0.3) is 0 Å². The van der Waals surface area contributed by atoms with Crippen LogP contribution in [0.3, 0.4) is 0 Å². The van der Waals surface area contributed by atoms with Gasteiger partial charge in [-0.3, -0.25) is 4.98 Å². The third-order valence-corrected chi connectivity index (χ3v) is 3.38. The van der Waals surface area contributed by atoms with Gasteiger partial charge in [-0.2, -0.15) is 0 Å². The average molecular weight is 306 g/mol. The Hall–Kier alpha value is -3.15. The molecule has 0 amide bonds. The molecule has 0 aliphatic heterocycles. The zero-order valence-electron chi connectivity index (χ0n) is 12.8. The first-order valence-electron chi connectivity index (χ1n) is 7.29. The van der Waals surface area contributed by atoms with Crippen LogP contribution in [-0.4, -0.2) is 15.0 Å². The fraction of sp³-hybridized carbons (Fsp3) is 0.118. The first kappa shape index (κ1) is 14.8. The van der Waals surface area contributed by atoms with E-state index in [1.807, 2.05) is 43.3 Å². The van der Waals surface area contributed by atoms with E-state index >= 15 is 0 Å². The molecule has 0 atom stereocenters. The van der Waals surface area contributed by atoms with Crippen LogP contribution in [0.4, 0.5) is 23.0 Å². The zero-order valence-corrected chi connectivity index (χ0v) is 12.8. The molecular formula is C17H18N6. The minimum absolute atomic E-state index is 0.483. The molecule has 2 heterocycles. The molecule has 2 aromatic heterocycles. The predicted octanol–water partition coefficient (Wildman–Crippen LogP) is 3.12. The van der Waals surface area contributed by atoms with Crippen molar-refractivity contribution >= 4 is 23.0 Å². The van der Waals surface area contributed by atoms with Crippen LogP contribution in [0.25, 0.3) is 0 Å². The summed E-state index contributed by atoms with van der Waals surface area (Å²) >= 11 is 0. The molecule has 6 nitrogen and oxygen atoms in total. The lowest BCUT2D eigenvalue weighted by atomic mass is 10.2. The Morgan fingerprint density at radius 2 is 1.83 bits per heavy atom. The molecule has 3 rings (SSSR count). The normalized spacial score (nSPS) is 10.3. The molecule has 0 unspecified atom stereocenters. The van der Waals surface area contributed by atoms with Crippen molar-refractivity contribution in [1.29, 1.82) is 0 Å².